The smallest absolute Gasteiger partial charge is 0.335 e. The molecule has 0 radical (unpaired) electrons. The van der Waals surface area contributed by atoms with E-state index in [1.807, 2.05) is 31.2 Å². The van der Waals surface area contributed by atoms with Gasteiger partial charge in [0.15, 0.2) is 0 Å². The van der Waals surface area contributed by atoms with Crippen LogP contribution in [0.4, 0.5) is 11.5 Å². The number of benzene rings is 1. The predicted octanol–water partition coefficient (Wildman–Crippen LogP) is 3.23. The Morgan fingerprint density at radius 2 is 2.14 bits per heavy atom. The minimum Gasteiger partial charge on any atom is -0.478 e. The standard InChI is InChI=1S/C16H18N2O3/c1-3-13-8-12(16(19)20)9-15(17-13)18-14-6-4-5-11(7-14)10-21-2/h4-9H,3,10H2,1-2H3,(H,17,18)(H,19,20). The number of carboxylic acid groups (broad SMARTS) is 1. The molecule has 0 unspecified atom stereocenters. The molecule has 0 aliphatic carbocycles. The number of hydrogen-bond donors (Lipinski definition) is 2. The SMILES string of the molecule is CCc1cc(C(=O)O)cc(Nc2cccc(COC)c2)n1. The number of carboxylic acids is 1. The van der Waals surface area contributed by atoms with Crippen molar-refractivity contribution < 1.29 is 14.6 Å². The van der Waals surface area contributed by atoms with Crippen molar-refractivity contribution in [2.75, 3.05) is 12.4 Å². The monoisotopic (exact) mass is 286 g/mol. The van der Waals surface area contributed by atoms with Crippen LogP contribution in [0.1, 0.15) is 28.5 Å². The number of methoxy groups -OCH3 is 1. The lowest BCUT2D eigenvalue weighted by Crippen LogP contribution is -2.03. The van der Waals surface area contributed by atoms with E-state index in [2.05, 4.69) is 10.3 Å². The normalized spacial score (nSPS) is 10.4. The summed E-state index contributed by atoms with van der Waals surface area (Å²) >= 11 is 0. The van der Waals surface area contributed by atoms with Gasteiger partial charge in [0.05, 0.1) is 12.2 Å². The van der Waals surface area contributed by atoms with Gasteiger partial charge in [-0.1, -0.05) is 19.1 Å². The summed E-state index contributed by atoms with van der Waals surface area (Å²) in [5, 5.41) is 12.3. The Kier molecular flexibility index (Phi) is 4.90. The Morgan fingerprint density at radius 1 is 1.33 bits per heavy atom. The lowest BCUT2D eigenvalue weighted by atomic mass is 10.2. The van der Waals surface area contributed by atoms with Crippen LogP contribution in [0.2, 0.25) is 0 Å². The van der Waals surface area contributed by atoms with Crippen molar-refractivity contribution in [1.82, 2.24) is 4.98 Å². The molecule has 0 spiro atoms. The number of nitrogens with zero attached hydrogens (tertiary/aromatic N) is 1. The van der Waals surface area contributed by atoms with Gasteiger partial charge < -0.3 is 15.2 Å². The number of hydrogen-bond acceptors (Lipinski definition) is 4. The van der Waals surface area contributed by atoms with E-state index in [1.165, 1.54) is 6.07 Å². The molecule has 1 heterocycles. The molecule has 0 saturated heterocycles. The maximum atomic E-state index is 11.1. The number of aromatic nitrogens is 1. The third kappa shape index (κ3) is 4.03. The van der Waals surface area contributed by atoms with Gasteiger partial charge in [-0.25, -0.2) is 9.78 Å². The summed E-state index contributed by atoms with van der Waals surface area (Å²) in [5.41, 5.74) is 2.86. The molecule has 0 amide bonds. The molecule has 5 nitrogen and oxygen atoms in total. The molecule has 110 valence electrons. The number of anilines is 2. The van der Waals surface area contributed by atoms with Crippen LogP contribution in [0, 0.1) is 0 Å². The molecule has 2 rings (SSSR count). The van der Waals surface area contributed by atoms with Crippen molar-refractivity contribution in [2.24, 2.45) is 0 Å². The summed E-state index contributed by atoms with van der Waals surface area (Å²) < 4.78 is 5.10. The summed E-state index contributed by atoms with van der Waals surface area (Å²) in [4.78, 5) is 15.5. The van der Waals surface area contributed by atoms with Crippen molar-refractivity contribution in [3.63, 3.8) is 0 Å². The number of pyridine rings is 1. The predicted molar refractivity (Wildman–Crippen MR) is 81.0 cm³/mol. The Labute approximate surface area is 123 Å². The number of rotatable bonds is 6. The Hall–Kier alpha value is -2.40. The summed E-state index contributed by atoms with van der Waals surface area (Å²) in [6.07, 6.45) is 0.680. The van der Waals surface area contributed by atoms with Crippen molar-refractivity contribution in [1.29, 1.82) is 0 Å². The van der Waals surface area contributed by atoms with Crippen molar-refractivity contribution >= 4 is 17.5 Å². The number of aromatic carboxylic acids is 1. The highest BCUT2D eigenvalue weighted by Crippen LogP contribution is 2.19. The maximum absolute atomic E-state index is 11.1. The number of carbonyl (C=O) groups is 1. The largest absolute Gasteiger partial charge is 0.478 e. The van der Waals surface area contributed by atoms with Crippen LogP contribution in [-0.2, 0) is 17.8 Å². The fourth-order valence-electron chi connectivity index (χ4n) is 2.01. The van der Waals surface area contributed by atoms with E-state index >= 15 is 0 Å². The van der Waals surface area contributed by atoms with Crippen LogP contribution in [0.5, 0.6) is 0 Å². The van der Waals surface area contributed by atoms with Gasteiger partial charge >= 0.3 is 5.97 Å². The highest BCUT2D eigenvalue weighted by atomic mass is 16.5. The minimum absolute atomic E-state index is 0.234. The lowest BCUT2D eigenvalue weighted by Gasteiger charge is -2.10. The lowest BCUT2D eigenvalue weighted by molar-refractivity contribution is 0.0696. The van der Waals surface area contributed by atoms with Crippen LogP contribution in [-0.4, -0.2) is 23.2 Å². The summed E-state index contributed by atoms with van der Waals surface area (Å²) in [6.45, 7) is 2.47. The molecule has 1 aromatic carbocycles. The van der Waals surface area contributed by atoms with Crippen molar-refractivity contribution in [2.45, 2.75) is 20.0 Å². The molecular formula is C16H18N2O3. The van der Waals surface area contributed by atoms with Gasteiger partial charge in [-0.2, -0.15) is 0 Å². The van der Waals surface area contributed by atoms with E-state index in [9.17, 15) is 4.79 Å². The zero-order valence-corrected chi connectivity index (χ0v) is 12.1. The molecule has 0 atom stereocenters. The van der Waals surface area contributed by atoms with Gasteiger partial charge in [-0.15, -0.1) is 0 Å². The number of ether oxygens (including phenoxy) is 1. The Balaban J connectivity index is 2.28. The van der Waals surface area contributed by atoms with Gasteiger partial charge in [0.2, 0.25) is 0 Å². The maximum Gasteiger partial charge on any atom is 0.335 e. The number of aryl methyl sites for hydroxylation is 1. The van der Waals surface area contributed by atoms with Gasteiger partial charge in [0, 0.05) is 18.5 Å². The molecule has 1 aromatic heterocycles. The Bertz CT molecular complexity index is 641. The molecule has 0 fully saturated rings. The van der Waals surface area contributed by atoms with Gasteiger partial charge in [0.1, 0.15) is 5.82 Å². The zero-order chi connectivity index (χ0) is 15.2. The molecular weight excluding hydrogens is 268 g/mol. The first kappa shape index (κ1) is 15.0. The second-order valence-corrected chi connectivity index (χ2v) is 4.65. The molecule has 2 N–H and O–H groups in total. The fourth-order valence-corrected chi connectivity index (χ4v) is 2.01. The quantitative estimate of drug-likeness (QED) is 0.853. The number of nitrogens with one attached hydrogen (secondary N) is 1. The highest BCUT2D eigenvalue weighted by molar-refractivity contribution is 5.88. The highest BCUT2D eigenvalue weighted by Gasteiger charge is 2.08. The second-order valence-electron chi connectivity index (χ2n) is 4.65. The van der Waals surface area contributed by atoms with Gasteiger partial charge in [-0.3, -0.25) is 0 Å². The van der Waals surface area contributed by atoms with Crippen molar-refractivity contribution in [3.05, 3.63) is 53.2 Å². The molecule has 0 bridgehead atoms. The van der Waals surface area contributed by atoms with Crippen molar-refractivity contribution in [3.8, 4) is 0 Å². The van der Waals surface area contributed by atoms with Crippen LogP contribution in [0.25, 0.3) is 0 Å². The zero-order valence-electron chi connectivity index (χ0n) is 12.1. The van der Waals surface area contributed by atoms with E-state index in [0.717, 1.165) is 16.9 Å². The van der Waals surface area contributed by atoms with E-state index < -0.39 is 5.97 Å². The minimum atomic E-state index is -0.955. The van der Waals surface area contributed by atoms with Crippen LogP contribution in [0.15, 0.2) is 36.4 Å². The third-order valence-electron chi connectivity index (χ3n) is 3.00. The first-order valence-electron chi connectivity index (χ1n) is 6.71. The summed E-state index contributed by atoms with van der Waals surface area (Å²) in [7, 11) is 1.64. The van der Waals surface area contributed by atoms with Crippen LogP contribution >= 0.6 is 0 Å². The molecule has 0 aliphatic heterocycles. The molecule has 21 heavy (non-hydrogen) atoms. The Morgan fingerprint density at radius 3 is 2.81 bits per heavy atom. The average molecular weight is 286 g/mol. The van der Waals surface area contributed by atoms with Gasteiger partial charge in [-0.05, 0) is 36.2 Å². The molecule has 2 aromatic rings. The van der Waals surface area contributed by atoms with E-state index in [-0.39, 0.29) is 5.56 Å². The second kappa shape index (κ2) is 6.85. The fraction of sp³-hybridized carbons (Fsp3) is 0.250. The molecule has 0 saturated carbocycles. The first-order chi connectivity index (χ1) is 10.1. The summed E-state index contributed by atoms with van der Waals surface area (Å²) in [6, 6.07) is 10.9. The van der Waals surface area contributed by atoms with E-state index in [1.54, 1.807) is 13.2 Å². The van der Waals surface area contributed by atoms with Crippen LogP contribution < -0.4 is 5.32 Å². The average Bonchev–Trinajstić information content (AvgIpc) is 2.47. The van der Waals surface area contributed by atoms with Crippen LogP contribution in [0.3, 0.4) is 0 Å². The molecule has 0 aliphatic rings. The topological polar surface area (TPSA) is 71.5 Å². The first-order valence-corrected chi connectivity index (χ1v) is 6.71. The van der Waals surface area contributed by atoms with Gasteiger partial charge in [0.25, 0.3) is 0 Å². The van der Waals surface area contributed by atoms with E-state index in [4.69, 9.17) is 9.84 Å². The van der Waals surface area contributed by atoms with E-state index in [0.29, 0.717) is 18.8 Å². The summed E-state index contributed by atoms with van der Waals surface area (Å²) in [5.74, 6) is -0.426. The molecule has 5 heteroatoms. The third-order valence-corrected chi connectivity index (χ3v) is 3.00.